The number of hydrogen-bond acceptors (Lipinski definition) is 3. The summed E-state index contributed by atoms with van der Waals surface area (Å²) in [5.41, 5.74) is 2.11. The second-order valence-corrected chi connectivity index (χ2v) is 5.12. The quantitative estimate of drug-likeness (QED) is 0.851. The van der Waals surface area contributed by atoms with Gasteiger partial charge in [-0.05, 0) is 34.4 Å². The lowest BCUT2D eigenvalue weighted by atomic mass is 10.1. The minimum absolute atomic E-state index is 0.0332. The van der Waals surface area contributed by atoms with Crippen molar-refractivity contribution < 1.29 is 9.90 Å². The van der Waals surface area contributed by atoms with Crippen LogP contribution in [0.1, 0.15) is 23.6 Å². The molecule has 4 heteroatoms. The van der Waals surface area contributed by atoms with E-state index in [2.05, 4.69) is 5.32 Å². The van der Waals surface area contributed by atoms with Gasteiger partial charge < -0.3 is 10.4 Å². The van der Waals surface area contributed by atoms with Gasteiger partial charge in [-0.3, -0.25) is 4.79 Å². The van der Waals surface area contributed by atoms with Gasteiger partial charge in [-0.15, -0.1) is 0 Å². The van der Waals surface area contributed by atoms with Crippen molar-refractivity contribution in [3.05, 3.63) is 58.3 Å². The lowest BCUT2D eigenvalue weighted by Crippen LogP contribution is -2.30. The third-order valence-electron chi connectivity index (χ3n) is 2.94. The summed E-state index contributed by atoms with van der Waals surface area (Å²) in [4.78, 5) is 11.9. The molecule has 0 unspecified atom stereocenters. The Morgan fingerprint density at radius 2 is 2.05 bits per heavy atom. The van der Waals surface area contributed by atoms with Crippen LogP contribution in [0, 0.1) is 0 Å². The number of aliphatic hydroxyl groups excluding tert-OH is 1. The predicted molar refractivity (Wildman–Crippen MR) is 77.1 cm³/mol. The lowest BCUT2D eigenvalue weighted by Gasteiger charge is -2.16. The third-order valence-corrected chi connectivity index (χ3v) is 3.67. The van der Waals surface area contributed by atoms with Crippen molar-refractivity contribution in [3.63, 3.8) is 0 Å². The van der Waals surface area contributed by atoms with Gasteiger partial charge in [-0.2, -0.15) is 11.3 Å². The molecule has 1 atom stereocenters. The summed E-state index contributed by atoms with van der Waals surface area (Å²) in [5, 5.41) is 16.3. The van der Waals surface area contributed by atoms with E-state index >= 15 is 0 Å². The van der Waals surface area contributed by atoms with E-state index in [1.54, 1.807) is 11.3 Å². The molecule has 1 aromatic carbocycles. The molecule has 2 rings (SSSR count). The first-order chi connectivity index (χ1) is 9.29. The van der Waals surface area contributed by atoms with Gasteiger partial charge in [0.1, 0.15) is 0 Å². The average Bonchev–Trinajstić information content (AvgIpc) is 2.97. The molecule has 2 aromatic rings. The second-order valence-electron chi connectivity index (χ2n) is 4.34. The molecule has 0 bridgehead atoms. The second kappa shape index (κ2) is 7.07. The SMILES string of the molecule is O=C(CCc1ccsc1)N[C@H](CO)c1ccccc1. The number of rotatable bonds is 6. The van der Waals surface area contributed by atoms with Gasteiger partial charge in [0, 0.05) is 6.42 Å². The molecule has 0 fully saturated rings. The fourth-order valence-corrected chi connectivity index (χ4v) is 2.58. The number of aliphatic hydroxyl groups is 1. The minimum atomic E-state index is -0.323. The van der Waals surface area contributed by atoms with E-state index in [9.17, 15) is 9.90 Å². The van der Waals surface area contributed by atoms with E-state index < -0.39 is 0 Å². The van der Waals surface area contributed by atoms with Crippen LogP contribution in [0.25, 0.3) is 0 Å². The Hall–Kier alpha value is -1.65. The molecule has 0 spiro atoms. The van der Waals surface area contributed by atoms with Crippen LogP contribution in [-0.2, 0) is 11.2 Å². The maximum atomic E-state index is 11.9. The molecule has 1 aromatic heterocycles. The highest BCUT2D eigenvalue weighted by Crippen LogP contribution is 2.13. The Balaban J connectivity index is 1.86. The number of thiophene rings is 1. The van der Waals surface area contributed by atoms with Gasteiger partial charge in [0.05, 0.1) is 12.6 Å². The number of amides is 1. The molecule has 1 heterocycles. The van der Waals surface area contributed by atoms with E-state index in [-0.39, 0.29) is 18.6 Å². The van der Waals surface area contributed by atoms with E-state index in [4.69, 9.17) is 0 Å². The monoisotopic (exact) mass is 275 g/mol. The smallest absolute Gasteiger partial charge is 0.220 e. The van der Waals surface area contributed by atoms with Crippen LogP contribution in [0.3, 0.4) is 0 Å². The van der Waals surface area contributed by atoms with Gasteiger partial charge >= 0.3 is 0 Å². The summed E-state index contributed by atoms with van der Waals surface area (Å²) in [7, 11) is 0. The van der Waals surface area contributed by atoms with Gasteiger partial charge in [-0.1, -0.05) is 30.3 Å². The van der Waals surface area contributed by atoms with E-state index in [1.807, 2.05) is 47.2 Å². The normalized spacial score (nSPS) is 12.1. The minimum Gasteiger partial charge on any atom is -0.394 e. The van der Waals surface area contributed by atoms with Crippen molar-refractivity contribution in [1.29, 1.82) is 0 Å². The predicted octanol–water partition coefficient (Wildman–Crippen LogP) is 2.53. The molecular weight excluding hydrogens is 258 g/mol. The molecule has 0 saturated heterocycles. The molecule has 0 aliphatic carbocycles. The summed E-state index contributed by atoms with van der Waals surface area (Å²) < 4.78 is 0. The number of hydrogen-bond donors (Lipinski definition) is 2. The van der Waals surface area contributed by atoms with Crippen LogP contribution in [-0.4, -0.2) is 17.6 Å². The molecule has 2 N–H and O–H groups in total. The van der Waals surface area contributed by atoms with Crippen molar-refractivity contribution >= 4 is 17.2 Å². The highest BCUT2D eigenvalue weighted by Gasteiger charge is 2.13. The highest BCUT2D eigenvalue weighted by molar-refractivity contribution is 7.07. The summed E-state index contributed by atoms with van der Waals surface area (Å²) in [6, 6.07) is 11.2. The van der Waals surface area contributed by atoms with Crippen LogP contribution in [0.5, 0.6) is 0 Å². The average molecular weight is 275 g/mol. The standard InChI is InChI=1S/C15H17NO2S/c17-10-14(13-4-2-1-3-5-13)16-15(18)7-6-12-8-9-19-11-12/h1-5,8-9,11,14,17H,6-7,10H2,(H,16,18)/t14-/m1/s1. The number of aryl methyl sites for hydroxylation is 1. The fraction of sp³-hybridized carbons (Fsp3) is 0.267. The molecule has 19 heavy (non-hydrogen) atoms. The maximum absolute atomic E-state index is 11.9. The van der Waals surface area contributed by atoms with Crippen molar-refractivity contribution in [2.24, 2.45) is 0 Å². The molecule has 3 nitrogen and oxygen atoms in total. The molecular formula is C15H17NO2S. The van der Waals surface area contributed by atoms with Crippen molar-refractivity contribution in [2.45, 2.75) is 18.9 Å². The van der Waals surface area contributed by atoms with E-state index in [1.165, 1.54) is 5.56 Å². The highest BCUT2D eigenvalue weighted by atomic mass is 32.1. The third kappa shape index (κ3) is 4.19. The van der Waals surface area contributed by atoms with Crippen LogP contribution in [0.2, 0.25) is 0 Å². The Labute approximate surface area is 116 Å². The zero-order chi connectivity index (χ0) is 13.5. The summed E-state index contributed by atoms with van der Waals surface area (Å²) in [6.07, 6.45) is 1.18. The fourth-order valence-electron chi connectivity index (χ4n) is 1.88. The Morgan fingerprint density at radius 3 is 2.68 bits per heavy atom. The summed E-state index contributed by atoms with van der Waals surface area (Å²) in [6.45, 7) is -0.0891. The van der Waals surface area contributed by atoms with E-state index in [0.717, 1.165) is 12.0 Å². The molecule has 0 aliphatic rings. The first-order valence-electron chi connectivity index (χ1n) is 6.26. The van der Waals surface area contributed by atoms with Crippen molar-refractivity contribution in [1.82, 2.24) is 5.32 Å². The maximum Gasteiger partial charge on any atom is 0.220 e. The summed E-state index contributed by atoms with van der Waals surface area (Å²) in [5.74, 6) is -0.0332. The van der Waals surface area contributed by atoms with Gasteiger partial charge in [0.2, 0.25) is 5.91 Å². The number of carbonyl (C=O) groups excluding carboxylic acids is 1. The van der Waals surface area contributed by atoms with Crippen molar-refractivity contribution in [2.75, 3.05) is 6.61 Å². The van der Waals surface area contributed by atoms with Gasteiger partial charge in [0.25, 0.3) is 0 Å². The van der Waals surface area contributed by atoms with Crippen molar-refractivity contribution in [3.8, 4) is 0 Å². The molecule has 0 aliphatic heterocycles. The Kier molecular flexibility index (Phi) is 5.12. The Morgan fingerprint density at radius 1 is 1.26 bits per heavy atom. The number of nitrogens with one attached hydrogen (secondary N) is 1. The molecule has 0 saturated carbocycles. The lowest BCUT2D eigenvalue weighted by molar-refractivity contribution is -0.122. The van der Waals surface area contributed by atoms with Crippen LogP contribution < -0.4 is 5.32 Å². The molecule has 0 radical (unpaired) electrons. The van der Waals surface area contributed by atoms with Crippen LogP contribution in [0.15, 0.2) is 47.2 Å². The van der Waals surface area contributed by atoms with Crippen LogP contribution >= 0.6 is 11.3 Å². The first-order valence-corrected chi connectivity index (χ1v) is 7.20. The number of carbonyl (C=O) groups is 1. The Bertz CT molecular complexity index is 496. The molecule has 1 amide bonds. The topological polar surface area (TPSA) is 49.3 Å². The zero-order valence-corrected chi connectivity index (χ0v) is 11.4. The summed E-state index contributed by atoms with van der Waals surface area (Å²) >= 11 is 1.63. The molecule has 100 valence electrons. The van der Waals surface area contributed by atoms with Gasteiger partial charge in [-0.25, -0.2) is 0 Å². The zero-order valence-electron chi connectivity index (χ0n) is 10.6. The first kappa shape index (κ1) is 13.8. The van der Waals surface area contributed by atoms with E-state index in [0.29, 0.717) is 6.42 Å². The van der Waals surface area contributed by atoms with Crippen LogP contribution in [0.4, 0.5) is 0 Å². The number of benzene rings is 1. The largest absolute Gasteiger partial charge is 0.394 e. The van der Waals surface area contributed by atoms with Gasteiger partial charge in [0.15, 0.2) is 0 Å².